The quantitative estimate of drug-likeness (QED) is 0.558. The molecule has 1 amide bonds. The molecular weight excluding hydrogens is 414 g/mol. The first-order chi connectivity index (χ1) is 15.9. The van der Waals surface area contributed by atoms with Gasteiger partial charge in [0.25, 0.3) is 0 Å². The van der Waals surface area contributed by atoms with Crippen LogP contribution in [0.2, 0.25) is 0 Å². The number of nitrogens with one attached hydrogen (secondary N) is 1. The van der Waals surface area contributed by atoms with Gasteiger partial charge in [-0.15, -0.1) is 0 Å². The molecule has 1 fully saturated rings. The van der Waals surface area contributed by atoms with Crippen molar-refractivity contribution < 1.29 is 14.6 Å². The number of aliphatic hydroxyl groups excluding tert-OH is 1. The van der Waals surface area contributed by atoms with E-state index in [-0.39, 0.29) is 24.5 Å². The summed E-state index contributed by atoms with van der Waals surface area (Å²) in [7, 11) is 0. The summed E-state index contributed by atoms with van der Waals surface area (Å²) in [4.78, 5) is 14.7. The molecule has 6 heteroatoms. The van der Waals surface area contributed by atoms with Crippen LogP contribution in [0.25, 0.3) is 11.1 Å². The average molecular weight is 450 g/mol. The summed E-state index contributed by atoms with van der Waals surface area (Å²) in [5.41, 5.74) is 3.07. The lowest BCUT2D eigenvalue weighted by molar-refractivity contribution is -0.122. The van der Waals surface area contributed by atoms with Gasteiger partial charge in [-0.05, 0) is 60.9 Å². The zero-order chi connectivity index (χ0) is 23.8. The van der Waals surface area contributed by atoms with Crippen molar-refractivity contribution in [3.05, 3.63) is 54.1 Å². The van der Waals surface area contributed by atoms with Crippen LogP contribution >= 0.6 is 0 Å². The molecule has 0 radical (unpaired) electrons. The summed E-state index contributed by atoms with van der Waals surface area (Å²) in [5.74, 6) is 0.815. The highest BCUT2D eigenvalue weighted by Crippen LogP contribution is 2.30. The Morgan fingerprint density at radius 1 is 1.15 bits per heavy atom. The van der Waals surface area contributed by atoms with Crippen LogP contribution in [0.5, 0.6) is 5.75 Å². The van der Waals surface area contributed by atoms with Gasteiger partial charge in [0.05, 0.1) is 12.0 Å². The van der Waals surface area contributed by atoms with Crippen molar-refractivity contribution in [3.63, 3.8) is 0 Å². The van der Waals surface area contributed by atoms with Gasteiger partial charge in [-0.1, -0.05) is 50.2 Å². The van der Waals surface area contributed by atoms with Crippen LogP contribution in [0.1, 0.15) is 51.5 Å². The van der Waals surface area contributed by atoms with E-state index in [1.54, 1.807) is 6.92 Å². The van der Waals surface area contributed by atoms with Crippen molar-refractivity contribution in [1.29, 1.82) is 5.26 Å². The van der Waals surface area contributed by atoms with Crippen LogP contribution in [0.4, 0.5) is 0 Å². The molecule has 6 nitrogen and oxygen atoms in total. The minimum Gasteiger partial charge on any atom is -0.490 e. The van der Waals surface area contributed by atoms with Crippen LogP contribution in [0.3, 0.4) is 0 Å². The lowest BCUT2D eigenvalue weighted by atomic mass is 9.88. The van der Waals surface area contributed by atoms with Crippen LogP contribution in [0, 0.1) is 17.2 Å². The van der Waals surface area contributed by atoms with E-state index < -0.39 is 6.23 Å². The molecule has 2 N–H and O–H groups in total. The van der Waals surface area contributed by atoms with Gasteiger partial charge in [0.2, 0.25) is 5.91 Å². The number of nitriles is 1. The maximum Gasteiger partial charge on any atom is 0.228 e. The molecule has 0 saturated carbocycles. The number of nitrogens with zero attached hydrogens (tertiary/aromatic N) is 2. The topological polar surface area (TPSA) is 85.6 Å². The molecule has 1 aliphatic heterocycles. The second-order valence-corrected chi connectivity index (χ2v) is 9.19. The predicted octanol–water partition coefficient (Wildman–Crippen LogP) is 4.30. The summed E-state index contributed by atoms with van der Waals surface area (Å²) in [6.45, 7) is 7.70. The fourth-order valence-corrected chi connectivity index (χ4v) is 4.34. The van der Waals surface area contributed by atoms with Crippen LogP contribution in [-0.4, -0.2) is 47.9 Å². The Balaban J connectivity index is 1.69. The van der Waals surface area contributed by atoms with Gasteiger partial charge in [-0.3, -0.25) is 9.69 Å². The standard InChI is InChI=1S/C27H35N3O3/c1-19(2)17-26(27(32)29-14-13-28)23-6-4-5-22(18-23)21-7-9-24(10-8-21)33-25-11-15-30(16-12-25)20(3)31/h4-10,18-20,25-26,31H,11-12,14-17H2,1-3H3,(H,29,32). The second kappa shape index (κ2) is 11.8. The van der Waals surface area contributed by atoms with Crippen LogP contribution in [0.15, 0.2) is 48.5 Å². The average Bonchev–Trinajstić information content (AvgIpc) is 2.82. The molecule has 2 atom stereocenters. The van der Waals surface area contributed by atoms with Gasteiger partial charge in [-0.2, -0.15) is 5.26 Å². The Kier molecular flexibility index (Phi) is 8.87. The zero-order valence-corrected chi connectivity index (χ0v) is 19.8. The van der Waals surface area contributed by atoms with Crippen LogP contribution in [-0.2, 0) is 4.79 Å². The summed E-state index contributed by atoms with van der Waals surface area (Å²) in [5, 5.41) is 21.2. The number of amides is 1. The highest BCUT2D eigenvalue weighted by Gasteiger charge is 2.23. The van der Waals surface area contributed by atoms with Crippen LogP contribution < -0.4 is 10.1 Å². The smallest absolute Gasteiger partial charge is 0.228 e. The molecule has 1 saturated heterocycles. The molecule has 2 aromatic rings. The van der Waals surface area contributed by atoms with Gasteiger partial charge < -0.3 is 15.2 Å². The maximum absolute atomic E-state index is 12.7. The lowest BCUT2D eigenvalue weighted by Crippen LogP contribution is -2.42. The fourth-order valence-electron chi connectivity index (χ4n) is 4.34. The van der Waals surface area contributed by atoms with E-state index in [4.69, 9.17) is 10.00 Å². The second-order valence-electron chi connectivity index (χ2n) is 9.19. The molecule has 2 unspecified atom stereocenters. The van der Waals surface area contributed by atoms with Gasteiger partial charge in [0.1, 0.15) is 24.6 Å². The zero-order valence-electron chi connectivity index (χ0n) is 19.8. The Labute approximate surface area is 197 Å². The molecular formula is C27H35N3O3. The van der Waals surface area contributed by atoms with Gasteiger partial charge in [0, 0.05) is 13.1 Å². The Morgan fingerprint density at radius 2 is 1.85 bits per heavy atom. The summed E-state index contributed by atoms with van der Waals surface area (Å²) in [6, 6.07) is 18.1. The van der Waals surface area contributed by atoms with Gasteiger partial charge >= 0.3 is 0 Å². The summed E-state index contributed by atoms with van der Waals surface area (Å²) >= 11 is 0. The van der Waals surface area contributed by atoms with Crippen molar-refractivity contribution >= 4 is 5.91 Å². The number of piperidine rings is 1. The first kappa shape index (κ1) is 24.8. The number of rotatable bonds is 9. The number of likely N-dealkylation sites (tertiary alicyclic amines) is 1. The van der Waals surface area contributed by atoms with E-state index in [0.717, 1.165) is 54.8 Å². The van der Waals surface area contributed by atoms with E-state index in [2.05, 4.69) is 30.1 Å². The third-order valence-electron chi connectivity index (χ3n) is 6.15. The number of hydrogen-bond acceptors (Lipinski definition) is 5. The molecule has 0 aliphatic carbocycles. The molecule has 1 heterocycles. The molecule has 0 spiro atoms. The Hall–Kier alpha value is -2.88. The van der Waals surface area contributed by atoms with Crippen molar-refractivity contribution in [1.82, 2.24) is 10.2 Å². The van der Waals surface area contributed by atoms with E-state index in [9.17, 15) is 9.90 Å². The Bertz CT molecular complexity index is 942. The summed E-state index contributed by atoms with van der Waals surface area (Å²) in [6.07, 6.45) is 2.29. The van der Waals surface area contributed by atoms with E-state index >= 15 is 0 Å². The van der Waals surface area contributed by atoms with Crippen molar-refractivity contribution in [2.45, 2.75) is 58.3 Å². The minimum atomic E-state index is -0.404. The maximum atomic E-state index is 12.7. The normalized spacial score (nSPS) is 16.7. The van der Waals surface area contributed by atoms with Crippen molar-refractivity contribution in [2.75, 3.05) is 19.6 Å². The highest BCUT2D eigenvalue weighted by atomic mass is 16.5. The molecule has 176 valence electrons. The molecule has 2 aromatic carbocycles. The van der Waals surface area contributed by atoms with Gasteiger partial charge in [-0.25, -0.2) is 0 Å². The van der Waals surface area contributed by atoms with E-state index in [1.807, 2.05) is 48.5 Å². The number of ether oxygens (including phenoxy) is 1. The highest BCUT2D eigenvalue weighted by molar-refractivity contribution is 5.84. The molecule has 0 aromatic heterocycles. The number of aliphatic hydroxyl groups is 1. The first-order valence-corrected chi connectivity index (χ1v) is 11.8. The third kappa shape index (κ3) is 7.05. The van der Waals surface area contributed by atoms with E-state index in [1.165, 1.54) is 0 Å². The first-order valence-electron chi connectivity index (χ1n) is 11.8. The summed E-state index contributed by atoms with van der Waals surface area (Å²) < 4.78 is 6.16. The molecule has 0 bridgehead atoms. The van der Waals surface area contributed by atoms with E-state index in [0.29, 0.717) is 5.92 Å². The van der Waals surface area contributed by atoms with Crippen molar-refractivity contribution in [3.8, 4) is 22.9 Å². The van der Waals surface area contributed by atoms with Gasteiger partial charge in [0.15, 0.2) is 0 Å². The number of carbonyl (C=O) groups is 1. The largest absolute Gasteiger partial charge is 0.490 e. The number of benzene rings is 2. The monoisotopic (exact) mass is 449 g/mol. The third-order valence-corrected chi connectivity index (χ3v) is 6.15. The minimum absolute atomic E-state index is 0.0205. The number of hydrogen-bond donors (Lipinski definition) is 2. The predicted molar refractivity (Wildman–Crippen MR) is 130 cm³/mol. The number of carbonyl (C=O) groups excluding carboxylic acids is 1. The molecule has 3 rings (SSSR count). The lowest BCUT2D eigenvalue weighted by Gasteiger charge is -2.33. The molecule has 33 heavy (non-hydrogen) atoms. The fraction of sp³-hybridized carbons (Fsp3) is 0.481. The van der Waals surface area contributed by atoms with Crippen molar-refractivity contribution in [2.24, 2.45) is 5.92 Å². The Morgan fingerprint density at radius 3 is 2.45 bits per heavy atom. The SMILES string of the molecule is CC(C)CC(C(=O)NCC#N)c1cccc(-c2ccc(OC3CCN(C(C)O)CC3)cc2)c1. The molecule has 1 aliphatic rings.